The van der Waals surface area contributed by atoms with Gasteiger partial charge in [0.2, 0.25) is 11.6 Å². The molecule has 0 heterocycles. The number of ether oxygens (including phenoxy) is 1. The quantitative estimate of drug-likeness (QED) is 0.509. The molecule has 2 rings (SSSR count). The maximum atomic E-state index is 12.6. The molecule has 6 nitrogen and oxygen atoms in total. The van der Waals surface area contributed by atoms with Gasteiger partial charge in [0.05, 0.1) is 37.3 Å². The van der Waals surface area contributed by atoms with Gasteiger partial charge in [-0.2, -0.15) is 0 Å². The lowest BCUT2D eigenvalue weighted by molar-refractivity contribution is -0.127. The summed E-state index contributed by atoms with van der Waals surface area (Å²) in [6, 6.07) is 9.94. The number of ketones is 1. The van der Waals surface area contributed by atoms with E-state index >= 15 is 0 Å². The zero-order chi connectivity index (χ0) is 21.6. The summed E-state index contributed by atoms with van der Waals surface area (Å²) in [5, 5.41) is 13.1. The molecule has 0 aliphatic carbocycles. The average molecular weight is 415 g/mol. The first-order chi connectivity index (χ1) is 13.8. The maximum Gasteiger partial charge on any atom is 0.226 e. The van der Waals surface area contributed by atoms with E-state index in [1.54, 1.807) is 43.3 Å². The summed E-state index contributed by atoms with van der Waals surface area (Å²) in [7, 11) is 1.54. The molecular weight excluding hydrogens is 392 g/mol. The Morgan fingerprint density at radius 3 is 2.45 bits per heavy atom. The van der Waals surface area contributed by atoms with Gasteiger partial charge in [0, 0.05) is 5.56 Å². The van der Waals surface area contributed by atoms with Crippen LogP contribution in [0.25, 0.3) is 4.85 Å². The van der Waals surface area contributed by atoms with Crippen molar-refractivity contribution in [1.82, 2.24) is 5.32 Å². The molecule has 2 N–H and O–H groups in total. The van der Waals surface area contributed by atoms with Gasteiger partial charge in [-0.05, 0) is 55.7 Å². The molecule has 7 heteroatoms. The highest BCUT2D eigenvalue weighted by Crippen LogP contribution is 2.32. The predicted octanol–water partition coefficient (Wildman–Crippen LogP) is 3.75. The van der Waals surface area contributed by atoms with Gasteiger partial charge in [-0.15, -0.1) is 0 Å². The van der Waals surface area contributed by atoms with Crippen molar-refractivity contribution >= 4 is 29.0 Å². The average Bonchev–Trinajstić information content (AvgIpc) is 2.72. The second-order valence-electron chi connectivity index (χ2n) is 6.72. The van der Waals surface area contributed by atoms with E-state index in [4.69, 9.17) is 22.9 Å². The number of nitrogens with one attached hydrogen (secondary N) is 1. The zero-order valence-corrected chi connectivity index (χ0v) is 17.3. The lowest BCUT2D eigenvalue weighted by atomic mass is 9.91. The van der Waals surface area contributed by atoms with Gasteiger partial charge in [0.1, 0.15) is 5.75 Å². The van der Waals surface area contributed by atoms with Crippen molar-refractivity contribution in [3.8, 4) is 5.75 Å². The molecule has 1 amide bonds. The van der Waals surface area contributed by atoms with Crippen molar-refractivity contribution < 1.29 is 19.4 Å². The number of halogens is 1. The molecule has 152 valence electrons. The summed E-state index contributed by atoms with van der Waals surface area (Å²) in [4.78, 5) is 28.3. The maximum absolute atomic E-state index is 12.6. The number of benzene rings is 2. The van der Waals surface area contributed by atoms with Crippen LogP contribution in [0.15, 0.2) is 36.4 Å². The van der Waals surface area contributed by atoms with E-state index in [0.717, 1.165) is 5.56 Å². The molecule has 0 radical (unpaired) electrons. The van der Waals surface area contributed by atoms with Crippen molar-refractivity contribution in [2.75, 3.05) is 13.7 Å². The normalized spacial score (nSPS) is 12.6. The molecular formula is C22H23ClN2O4. The molecule has 2 aromatic carbocycles. The number of aliphatic hydroxyl groups is 1. The monoisotopic (exact) mass is 414 g/mol. The van der Waals surface area contributed by atoms with Gasteiger partial charge >= 0.3 is 0 Å². The third-order valence-corrected chi connectivity index (χ3v) is 5.27. The van der Waals surface area contributed by atoms with Crippen LogP contribution in [0.3, 0.4) is 0 Å². The minimum atomic E-state index is -0.926. The van der Waals surface area contributed by atoms with Crippen molar-refractivity contribution in [3.05, 3.63) is 69.5 Å². The SMILES string of the molecule is [C-]#[N+]c1ccc(C[C@@H](C(=O)NCC(=O)c2ccc(OC)cc2)[C@H](C)O)c(C)c1Cl. The Bertz CT molecular complexity index is 933. The van der Waals surface area contributed by atoms with Gasteiger partial charge in [-0.25, -0.2) is 4.85 Å². The smallest absolute Gasteiger partial charge is 0.226 e. The molecule has 2 aromatic rings. The molecule has 0 aliphatic rings. The van der Waals surface area contributed by atoms with Crippen LogP contribution in [0.4, 0.5) is 5.69 Å². The van der Waals surface area contributed by atoms with Crippen molar-refractivity contribution in [2.24, 2.45) is 5.92 Å². The Balaban J connectivity index is 2.07. The molecule has 0 saturated carbocycles. The minimum absolute atomic E-state index is 0.176. The summed E-state index contributed by atoms with van der Waals surface area (Å²) >= 11 is 6.20. The number of hydrogen-bond donors (Lipinski definition) is 2. The van der Waals surface area contributed by atoms with E-state index in [1.807, 2.05) is 0 Å². The number of Topliss-reactive ketones (excluding diaryl/α,β-unsaturated/α-hetero) is 1. The third-order valence-electron chi connectivity index (χ3n) is 4.79. The van der Waals surface area contributed by atoms with Crippen LogP contribution in [-0.4, -0.2) is 36.6 Å². The Morgan fingerprint density at radius 2 is 1.90 bits per heavy atom. The molecule has 0 bridgehead atoms. The van der Waals surface area contributed by atoms with E-state index in [0.29, 0.717) is 27.6 Å². The Kier molecular flexibility index (Phi) is 7.77. The van der Waals surface area contributed by atoms with Gasteiger partial charge in [0.25, 0.3) is 0 Å². The van der Waals surface area contributed by atoms with Gasteiger partial charge in [0.15, 0.2) is 5.78 Å². The summed E-state index contributed by atoms with van der Waals surface area (Å²) < 4.78 is 5.06. The van der Waals surface area contributed by atoms with E-state index in [9.17, 15) is 14.7 Å². The molecule has 0 spiro atoms. The lowest BCUT2D eigenvalue weighted by Crippen LogP contribution is -2.40. The second kappa shape index (κ2) is 10.1. The topological polar surface area (TPSA) is 80.0 Å². The number of aliphatic hydroxyl groups excluding tert-OH is 1. The minimum Gasteiger partial charge on any atom is -0.497 e. The number of nitrogens with zero attached hydrogens (tertiary/aromatic N) is 1. The first-order valence-electron chi connectivity index (χ1n) is 9.07. The van der Waals surface area contributed by atoms with Crippen LogP contribution in [0.5, 0.6) is 5.75 Å². The fourth-order valence-corrected chi connectivity index (χ4v) is 3.14. The summed E-state index contributed by atoms with van der Waals surface area (Å²) in [6.45, 7) is 10.2. The molecule has 2 atom stereocenters. The fourth-order valence-electron chi connectivity index (χ4n) is 2.91. The Hall–Kier alpha value is -2.88. The molecule has 0 fully saturated rings. The second-order valence-corrected chi connectivity index (χ2v) is 7.09. The summed E-state index contributed by atoms with van der Waals surface area (Å²) in [6.07, 6.45) is -0.686. The number of rotatable bonds is 8. The van der Waals surface area contributed by atoms with Crippen molar-refractivity contribution in [3.63, 3.8) is 0 Å². The van der Waals surface area contributed by atoms with Gasteiger partial charge in [-0.3, -0.25) is 9.59 Å². The molecule has 0 aromatic heterocycles. The number of methoxy groups -OCH3 is 1. The van der Waals surface area contributed by atoms with Crippen molar-refractivity contribution in [1.29, 1.82) is 0 Å². The van der Waals surface area contributed by atoms with Crippen LogP contribution in [0, 0.1) is 19.4 Å². The standard InChI is InChI=1S/C22H23ClN2O4/c1-13-16(7-10-19(24-3)21(13)23)11-18(14(2)26)22(28)25-12-20(27)15-5-8-17(29-4)9-6-15/h5-10,14,18,26H,11-12H2,1-2,4H3,(H,25,28)/t14-,18+/m0/s1. The largest absolute Gasteiger partial charge is 0.497 e. The molecule has 0 aliphatic heterocycles. The first kappa shape index (κ1) is 22.4. The molecule has 0 saturated heterocycles. The fraction of sp³-hybridized carbons (Fsp3) is 0.318. The number of carbonyl (C=O) groups is 2. The van der Waals surface area contributed by atoms with Crippen LogP contribution in [0.1, 0.15) is 28.4 Å². The van der Waals surface area contributed by atoms with Crippen LogP contribution in [-0.2, 0) is 11.2 Å². The highest BCUT2D eigenvalue weighted by atomic mass is 35.5. The van der Waals surface area contributed by atoms with E-state index in [-0.39, 0.29) is 18.7 Å². The number of hydrogen-bond acceptors (Lipinski definition) is 4. The van der Waals surface area contributed by atoms with E-state index in [1.165, 1.54) is 14.0 Å². The predicted molar refractivity (Wildman–Crippen MR) is 112 cm³/mol. The number of carbonyl (C=O) groups excluding carboxylic acids is 2. The Morgan fingerprint density at radius 1 is 1.24 bits per heavy atom. The number of amides is 1. The first-order valence-corrected chi connectivity index (χ1v) is 9.44. The lowest BCUT2D eigenvalue weighted by Gasteiger charge is -2.21. The summed E-state index contributed by atoms with van der Waals surface area (Å²) in [5.41, 5.74) is 2.27. The highest BCUT2D eigenvalue weighted by Gasteiger charge is 2.25. The van der Waals surface area contributed by atoms with Gasteiger partial charge in [-0.1, -0.05) is 23.7 Å². The van der Waals surface area contributed by atoms with Crippen molar-refractivity contribution in [2.45, 2.75) is 26.4 Å². The Labute approximate surface area is 175 Å². The van der Waals surface area contributed by atoms with E-state index in [2.05, 4.69) is 10.2 Å². The third kappa shape index (κ3) is 5.57. The van der Waals surface area contributed by atoms with E-state index < -0.39 is 17.9 Å². The molecule has 29 heavy (non-hydrogen) atoms. The van der Waals surface area contributed by atoms with Crippen LogP contribution >= 0.6 is 11.6 Å². The van der Waals surface area contributed by atoms with Gasteiger partial charge < -0.3 is 15.2 Å². The zero-order valence-electron chi connectivity index (χ0n) is 16.5. The highest BCUT2D eigenvalue weighted by molar-refractivity contribution is 6.34. The van der Waals surface area contributed by atoms with Crippen LogP contribution < -0.4 is 10.1 Å². The molecule has 0 unspecified atom stereocenters. The van der Waals surface area contributed by atoms with Crippen LogP contribution in [0.2, 0.25) is 5.02 Å². The summed E-state index contributed by atoms with van der Waals surface area (Å²) in [5.74, 6) is -0.789.